The molecular weight excluding hydrogens is 510 g/mol. The number of aliphatic carboxylic acids is 1. The average molecular weight is 532 g/mol. The highest BCUT2D eigenvalue weighted by molar-refractivity contribution is 6.02. The number of H-pyrrole nitrogens is 1. The second kappa shape index (κ2) is 10.2. The van der Waals surface area contributed by atoms with Crippen LogP contribution in [-0.4, -0.2) is 21.3 Å². The quantitative estimate of drug-likeness (QED) is 0.154. The van der Waals surface area contributed by atoms with E-state index in [4.69, 9.17) is 5.11 Å². The van der Waals surface area contributed by atoms with E-state index in [1.54, 1.807) is 42.5 Å². The van der Waals surface area contributed by atoms with E-state index >= 15 is 0 Å². The Morgan fingerprint density at radius 1 is 1.05 bits per heavy atom. The molecule has 4 aromatic rings. The predicted octanol–water partition coefficient (Wildman–Crippen LogP) is 7.45. The molecule has 0 saturated heterocycles. The van der Waals surface area contributed by atoms with Crippen LogP contribution in [0.25, 0.3) is 28.1 Å². The minimum Gasteiger partial charge on any atom is -0.478 e. The van der Waals surface area contributed by atoms with Crippen LogP contribution in [0, 0.1) is 23.2 Å². The Labute approximate surface area is 220 Å². The summed E-state index contributed by atoms with van der Waals surface area (Å²) in [6.45, 7) is 0. The molecule has 1 aliphatic rings. The van der Waals surface area contributed by atoms with Gasteiger partial charge in [0.05, 0.1) is 28.1 Å². The van der Waals surface area contributed by atoms with Crippen molar-refractivity contribution in [1.29, 1.82) is 5.26 Å². The molecule has 2 N–H and O–H groups in total. The van der Waals surface area contributed by atoms with Crippen LogP contribution in [0.2, 0.25) is 0 Å². The lowest BCUT2D eigenvalue weighted by Crippen LogP contribution is -2.16. The molecule has 0 aliphatic heterocycles. The number of halogens is 4. The number of nitrogens with one attached hydrogen (secondary N) is 1. The number of aromatic nitrogens is 2. The molecule has 5 nitrogen and oxygen atoms in total. The zero-order valence-corrected chi connectivity index (χ0v) is 20.4. The molecule has 0 radical (unpaired) electrons. The molecule has 39 heavy (non-hydrogen) atoms. The highest BCUT2D eigenvalue weighted by Gasteiger charge is 2.33. The largest absolute Gasteiger partial charge is 0.478 e. The van der Waals surface area contributed by atoms with Crippen LogP contribution >= 0.6 is 0 Å². The highest BCUT2D eigenvalue weighted by atomic mass is 19.4. The summed E-state index contributed by atoms with van der Waals surface area (Å²) in [6, 6.07) is 17.2. The van der Waals surface area contributed by atoms with Crippen molar-refractivity contribution in [3.63, 3.8) is 0 Å². The maximum Gasteiger partial charge on any atom is 0.416 e. The Balaban J connectivity index is 1.79. The van der Waals surface area contributed by atoms with Gasteiger partial charge in [0.1, 0.15) is 0 Å². The van der Waals surface area contributed by atoms with Crippen molar-refractivity contribution in [1.82, 2.24) is 10.2 Å². The first-order chi connectivity index (χ1) is 18.7. The molecule has 5 rings (SSSR count). The number of allylic oxidation sites excluding steroid dienone is 1. The van der Waals surface area contributed by atoms with Gasteiger partial charge in [-0.05, 0) is 82.5 Å². The summed E-state index contributed by atoms with van der Waals surface area (Å²) >= 11 is 0. The van der Waals surface area contributed by atoms with Crippen LogP contribution in [-0.2, 0) is 11.0 Å². The van der Waals surface area contributed by atoms with Gasteiger partial charge in [-0.15, -0.1) is 5.10 Å². The van der Waals surface area contributed by atoms with E-state index in [-0.39, 0.29) is 16.9 Å². The summed E-state index contributed by atoms with van der Waals surface area (Å²) in [4.78, 5) is 10.9. The lowest BCUT2D eigenvalue weighted by Gasteiger charge is -2.32. The van der Waals surface area contributed by atoms with Crippen LogP contribution < -0.4 is 0 Å². The number of nitriles is 1. The number of rotatable bonds is 6. The number of benzene rings is 3. The first-order valence-corrected chi connectivity index (χ1v) is 12.2. The number of alkyl halides is 3. The van der Waals surface area contributed by atoms with Crippen LogP contribution in [0.15, 0.2) is 66.7 Å². The number of fused-ring (bicyclic) bond motifs is 1. The van der Waals surface area contributed by atoms with E-state index in [0.29, 0.717) is 38.9 Å². The fourth-order valence-corrected chi connectivity index (χ4v) is 4.85. The Morgan fingerprint density at radius 3 is 2.38 bits per heavy atom. The number of hydrogen-bond acceptors (Lipinski definition) is 3. The monoisotopic (exact) mass is 531 g/mol. The Bertz CT molecular complexity index is 1670. The van der Waals surface area contributed by atoms with E-state index < -0.39 is 23.7 Å². The molecule has 1 saturated carbocycles. The van der Waals surface area contributed by atoms with Gasteiger partial charge in [-0.25, -0.2) is 4.79 Å². The molecule has 0 bridgehead atoms. The summed E-state index contributed by atoms with van der Waals surface area (Å²) in [5.74, 6) is -1.80. The molecule has 196 valence electrons. The third kappa shape index (κ3) is 5.18. The molecule has 0 atom stereocenters. The van der Waals surface area contributed by atoms with Gasteiger partial charge >= 0.3 is 12.1 Å². The van der Waals surface area contributed by atoms with Gasteiger partial charge in [-0.2, -0.15) is 22.8 Å². The van der Waals surface area contributed by atoms with E-state index in [1.807, 2.05) is 6.07 Å². The van der Waals surface area contributed by atoms with Crippen molar-refractivity contribution >= 4 is 34.1 Å². The summed E-state index contributed by atoms with van der Waals surface area (Å²) in [6.07, 6.45) is 0.356. The molecule has 3 aromatic carbocycles. The Morgan fingerprint density at radius 2 is 1.77 bits per heavy atom. The lowest BCUT2D eigenvalue weighted by atomic mass is 9.72. The van der Waals surface area contributed by atoms with Gasteiger partial charge in [0.15, 0.2) is 0 Å². The summed E-state index contributed by atoms with van der Waals surface area (Å²) < 4.78 is 54.8. The first-order valence-electron chi connectivity index (χ1n) is 12.2. The van der Waals surface area contributed by atoms with E-state index in [1.165, 1.54) is 12.1 Å². The fraction of sp³-hybridized carbons (Fsp3) is 0.167. The summed E-state index contributed by atoms with van der Waals surface area (Å²) in [7, 11) is 0. The molecule has 9 heteroatoms. The molecule has 1 fully saturated rings. The lowest BCUT2D eigenvalue weighted by molar-refractivity contribution is -0.137. The Kier molecular flexibility index (Phi) is 6.79. The maximum absolute atomic E-state index is 14.5. The number of carbonyl (C=O) groups is 1. The molecule has 0 spiro atoms. The topological polar surface area (TPSA) is 89.8 Å². The number of hydrogen-bond donors (Lipinski definition) is 2. The molecule has 0 amide bonds. The van der Waals surface area contributed by atoms with Crippen molar-refractivity contribution in [2.45, 2.75) is 25.4 Å². The molecule has 1 aromatic heterocycles. The van der Waals surface area contributed by atoms with E-state index in [2.05, 4.69) is 10.2 Å². The zero-order valence-electron chi connectivity index (χ0n) is 20.4. The third-order valence-corrected chi connectivity index (χ3v) is 6.96. The maximum atomic E-state index is 14.5. The summed E-state index contributed by atoms with van der Waals surface area (Å²) in [5, 5.41) is 25.3. The molecule has 0 unspecified atom stereocenters. The smallest absolute Gasteiger partial charge is 0.416 e. The van der Waals surface area contributed by atoms with Gasteiger partial charge < -0.3 is 5.11 Å². The zero-order chi connectivity index (χ0) is 27.7. The van der Waals surface area contributed by atoms with Gasteiger partial charge in [0, 0.05) is 6.08 Å². The van der Waals surface area contributed by atoms with Crippen LogP contribution in [0.4, 0.5) is 17.6 Å². The van der Waals surface area contributed by atoms with Crippen LogP contribution in [0.1, 0.15) is 52.6 Å². The van der Waals surface area contributed by atoms with Gasteiger partial charge in [0.2, 0.25) is 5.95 Å². The number of carboxylic acid groups (broad SMARTS) is 1. The second-order valence-corrected chi connectivity index (χ2v) is 9.35. The predicted molar refractivity (Wildman–Crippen MR) is 139 cm³/mol. The third-order valence-electron chi connectivity index (χ3n) is 6.96. The van der Waals surface area contributed by atoms with Crippen LogP contribution in [0.3, 0.4) is 0 Å². The minimum absolute atomic E-state index is 0.0275. The highest BCUT2D eigenvalue weighted by Crippen LogP contribution is 2.47. The van der Waals surface area contributed by atoms with Crippen molar-refractivity contribution in [3.05, 3.63) is 106 Å². The van der Waals surface area contributed by atoms with Crippen molar-refractivity contribution in [2.75, 3.05) is 0 Å². The van der Waals surface area contributed by atoms with E-state index in [0.717, 1.165) is 37.5 Å². The second-order valence-electron chi connectivity index (χ2n) is 9.35. The van der Waals surface area contributed by atoms with Crippen molar-refractivity contribution in [2.24, 2.45) is 5.92 Å². The van der Waals surface area contributed by atoms with Gasteiger partial charge in [-0.1, -0.05) is 42.8 Å². The molecule has 1 heterocycles. The number of nitrogens with zero attached hydrogens (tertiary/aromatic N) is 2. The molecule has 1 aliphatic carbocycles. The standard InChI is InChI=1S/C30H21F4N3O2/c31-29-24-15-20(9-12-25(24)36-37-29)27(19-7-4-17(5-8-19)6-13-26(38)39)28(18-2-1-3-18)23-11-10-22(30(32,33)34)14-21(23)16-35/h4-15,18H,1-3H2,(H,36,37)(H,38,39)/b13-6+,28-27+. The SMILES string of the molecule is N#Cc1cc(C(F)(F)F)ccc1/C(=C(\c1ccc(/C=C/C(=O)O)cc1)c1ccc2[nH]nc(F)c2c1)C1CCC1. The van der Waals surface area contributed by atoms with Crippen molar-refractivity contribution in [3.8, 4) is 6.07 Å². The van der Waals surface area contributed by atoms with Crippen LogP contribution in [0.5, 0.6) is 0 Å². The van der Waals surface area contributed by atoms with Crippen molar-refractivity contribution < 1.29 is 27.5 Å². The molecular formula is C30H21F4N3O2. The number of aromatic amines is 1. The average Bonchev–Trinajstić information content (AvgIpc) is 3.25. The van der Waals surface area contributed by atoms with Gasteiger partial charge in [-0.3, -0.25) is 5.10 Å². The van der Waals surface area contributed by atoms with E-state index in [9.17, 15) is 27.6 Å². The normalized spacial score (nSPS) is 14.7. The van der Waals surface area contributed by atoms with Gasteiger partial charge in [0.25, 0.3) is 0 Å². The number of carboxylic acids is 1. The summed E-state index contributed by atoms with van der Waals surface area (Å²) in [5.41, 5.74) is 3.19. The fourth-order valence-electron chi connectivity index (χ4n) is 4.85. The Hall–Kier alpha value is -4.71. The minimum atomic E-state index is -4.60. The first kappa shape index (κ1) is 25.9.